The molecule has 1 atom stereocenters. The topological polar surface area (TPSA) is 88.6 Å². The van der Waals surface area contributed by atoms with Crippen LogP contribution in [0.5, 0.6) is 0 Å². The summed E-state index contributed by atoms with van der Waals surface area (Å²) in [6, 6.07) is 16.5. The third-order valence-corrected chi connectivity index (χ3v) is 7.75. The molecule has 1 fully saturated rings. The van der Waals surface area contributed by atoms with Crippen LogP contribution >= 0.6 is 22.7 Å². The molecule has 0 radical (unpaired) electrons. The molecule has 2 aromatic heterocycles. The van der Waals surface area contributed by atoms with Gasteiger partial charge in [-0.3, -0.25) is 9.59 Å². The van der Waals surface area contributed by atoms with Gasteiger partial charge in [0, 0.05) is 17.8 Å². The van der Waals surface area contributed by atoms with Crippen molar-refractivity contribution in [2.75, 3.05) is 18.5 Å². The molecule has 0 aliphatic carbocycles. The van der Waals surface area contributed by atoms with E-state index in [1.54, 1.807) is 35.6 Å². The van der Waals surface area contributed by atoms with Gasteiger partial charge in [-0.25, -0.2) is 9.78 Å². The summed E-state index contributed by atoms with van der Waals surface area (Å²) in [4.78, 5) is 44.4. The molecule has 3 heterocycles. The number of fused-ring (bicyclic) bond motifs is 1. The number of esters is 1. The average Bonchev–Trinajstić information content (AvgIpc) is 3.63. The van der Waals surface area contributed by atoms with Crippen molar-refractivity contribution in [3.8, 4) is 10.6 Å². The Labute approximate surface area is 210 Å². The van der Waals surface area contributed by atoms with Crippen molar-refractivity contribution in [2.24, 2.45) is 0 Å². The molecule has 2 amide bonds. The van der Waals surface area contributed by atoms with E-state index in [4.69, 9.17) is 4.74 Å². The first-order valence-corrected chi connectivity index (χ1v) is 13.0. The van der Waals surface area contributed by atoms with Gasteiger partial charge in [0.15, 0.2) is 6.61 Å². The van der Waals surface area contributed by atoms with Crippen LogP contribution in [-0.4, -0.2) is 46.9 Å². The number of thiazole rings is 1. The van der Waals surface area contributed by atoms with Crippen molar-refractivity contribution < 1.29 is 19.1 Å². The fourth-order valence-electron chi connectivity index (χ4n) is 4.08. The predicted molar refractivity (Wildman–Crippen MR) is 138 cm³/mol. The Balaban J connectivity index is 1.16. The van der Waals surface area contributed by atoms with Crippen LogP contribution in [0.1, 0.15) is 28.1 Å². The summed E-state index contributed by atoms with van der Waals surface area (Å²) >= 11 is 2.97. The molecule has 0 bridgehead atoms. The van der Waals surface area contributed by atoms with Crippen LogP contribution in [-0.2, 0) is 14.3 Å². The molecule has 0 saturated carbocycles. The Hall–Kier alpha value is -3.56. The van der Waals surface area contributed by atoms with Gasteiger partial charge >= 0.3 is 5.97 Å². The molecule has 1 saturated heterocycles. The number of carbonyl (C=O) groups excluding carboxylic acids is 3. The van der Waals surface area contributed by atoms with Crippen LogP contribution in [0.2, 0.25) is 0 Å². The van der Waals surface area contributed by atoms with Crippen LogP contribution < -0.4 is 5.32 Å². The summed E-state index contributed by atoms with van der Waals surface area (Å²) in [5.74, 6) is -1.16. The highest BCUT2D eigenvalue weighted by molar-refractivity contribution is 7.21. The Morgan fingerprint density at radius 2 is 1.97 bits per heavy atom. The first-order valence-electron chi connectivity index (χ1n) is 11.3. The van der Waals surface area contributed by atoms with Crippen molar-refractivity contribution >= 4 is 56.4 Å². The zero-order valence-corrected chi connectivity index (χ0v) is 20.7. The molecule has 178 valence electrons. The number of anilines is 1. The van der Waals surface area contributed by atoms with E-state index in [0.29, 0.717) is 23.5 Å². The molecule has 7 nitrogen and oxygen atoms in total. The summed E-state index contributed by atoms with van der Waals surface area (Å²) in [5, 5.41) is 5.48. The minimum absolute atomic E-state index is 0.174. The highest BCUT2D eigenvalue weighted by Gasteiger charge is 2.36. The van der Waals surface area contributed by atoms with Crippen molar-refractivity contribution in [3.63, 3.8) is 0 Å². The first-order chi connectivity index (χ1) is 17.0. The summed E-state index contributed by atoms with van der Waals surface area (Å²) in [7, 11) is 0. The van der Waals surface area contributed by atoms with E-state index in [1.807, 2.05) is 29.6 Å². The van der Waals surface area contributed by atoms with Gasteiger partial charge in [0.2, 0.25) is 0 Å². The zero-order valence-electron chi connectivity index (χ0n) is 19.0. The highest BCUT2D eigenvalue weighted by Crippen LogP contribution is 2.31. The maximum atomic E-state index is 12.6. The minimum atomic E-state index is -0.658. The number of nitrogens with zero attached hydrogens (tertiary/aromatic N) is 2. The molecule has 1 unspecified atom stereocenters. The molecular formula is C26H23N3O4S2. The minimum Gasteiger partial charge on any atom is -0.454 e. The predicted octanol–water partition coefficient (Wildman–Crippen LogP) is 5.12. The number of aryl methyl sites for hydroxylation is 1. The van der Waals surface area contributed by atoms with Gasteiger partial charge in [0.1, 0.15) is 11.0 Å². The third kappa shape index (κ3) is 5.11. The smallest absolute Gasteiger partial charge is 0.329 e. The van der Waals surface area contributed by atoms with Gasteiger partial charge in [-0.2, -0.15) is 0 Å². The molecule has 9 heteroatoms. The second-order valence-corrected chi connectivity index (χ2v) is 10.3. The Bertz CT molecular complexity index is 1380. The number of carbonyl (C=O) groups is 3. The molecule has 4 aromatic rings. The summed E-state index contributed by atoms with van der Waals surface area (Å²) in [6.45, 7) is 2.15. The number of nitrogens with one attached hydrogen (secondary N) is 1. The maximum Gasteiger partial charge on any atom is 0.329 e. The van der Waals surface area contributed by atoms with Gasteiger partial charge in [0.25, 0.3) is 11.8 Å². The van der Waals surface area contributed by atoms with Crippen LogP contribution in [0.4, 0.5) is 5.69 Å². The second kappa shape index (κ2) is 9.97. The Kier molecular flexibility index (Phi) is 6.61. The molecule has 35 heavy (non-hydrogen) atoms. The van der Waals surface area contributed by atoms with Crippen LogP contribution in [0.15, 0.2) is 60.0 Å². The normalized spacial score (nSPS) is 15.3. The van der Waals surface area contributed by atoms with Crippen LogP contribution in [0, 0.1) is 6.92 Å². The number of likely N-dealkylation sites (tertiary alicyclic amines) is 1. The first kappa shape index (κ1) is 23.2. The molecule has 0 spiro atoms. The van der Waals surface area contributed by atoms with E-state index in [1.165, 1.54) is 21.8 Å². The number of ether oxygens (including phenoxy) is 1. The summed E-state index contributed by atoms with van der Waals surface area (Å²) in [6.07, 6.45) is 1.26. The lowest BCUT2D eigenvalue weighted by Gasteiger charge is -2.22. The maximum absolute atomic E-state index is 12.6. The van der Waals surface area contributed by atoms with Crippen LogP contribution in [0.25, 0.3) is 20.8 Å². The van der Waals surface area contributed by atoms with Crippen molar-refractivity contribution in [3.05, 3.63) is 70.4 Å². The van der Waals surface area contributed by atoms with Crippen LogP contribution in [0.3, 0.4) is 0 Å². The molecular weight excluding hydrogens is 482 g/mol. The number of thiophene rings is 1. The Morgan fingerprint density at radius 3 is 2.74 bits per heavy atom. The largest absolute Gasteiger partial charge is 0.454 e. The fourth-order valence-corrected chi connectivity index (χ4v) is 5.83. The van der Waals surface area contributed by atoms with E-state index in [-0.39, 0.29) is 5.91 Å². The number of benzene rings is 2. The van der Waals surface area contributed by atoms with Crippen molar-refractivity contribution in [1.29, 1.82) is 0 Å². The quantitative estimate of drug-likeness (QED) is 0.368. The van der Waals surface area contributed by atoms with E-state index < -0.39 is 24.5 Å². The second-order valence-electron chi connectivity index (χ2n) is 8.36. The van der Waals surface area contributed by atoms with E-state index in [0.717, 1.165) is 27.2 Å². The van der Waals surface area contributed by atoms with E-state index >= 15 is 0 Å². The van der Waals surface area contributed by atoms with Gasteiger partial charge in [0.05, 0.1) is 15.1 Å². The fraction of sp³-hybridized carbons (Fsp3) is 0.231. The lowest BCUT2D eigenvalue weighted by Crippen LogP contribution is -2.41. The molecule has 2 aromatic carbocycles. The zero-order chi connectivity index (χ0) is 24.4. The molecule has 1 N–H and O–H groups in total. The molecule has 1 aliphatic heterocycles. The SMILES string of the molecule is Cc1ccc2nc(-c3ccc(NC(=O)COC(=O)C4CCCN4C(=O)c4cccs4)cc3)sc2c1. The van der Waals surface area contributed by atoms with Crippen molar-refractivity contribution in [1.82, 2.24) is 9.88 Å². The average molecular weight is 506 g/mol. The number of rotatable bonds is 6. The third-order valence-electron chi connectivity index (χ3n) is 5.82. The standard InChI is InChI=1S/C26H23N3O4S2/c1-16-6-11-19-22(14-16)35-24(28-19)17-7-9-18(10-8-17)27-23(30)15-33-26(32)20-4-2-12-29(20)25(31)21-5-3-13-34-21/h3,5-11,13-14,20H,2,4,12,15H2,1H3,(H,27,30). The monoisotopic (exact) mass is 505 g/mol. The molecule has 5 rings (SSSR count). The molecule has 1 aliphatic rings. The van der Waals surface area contributed by atoms with Gasteiger partial charge < -0.3 is 15.0 Å². The van der Waals surface area contributed by atoms with E-state index in [2.05, 4.69) is 23.3 Å². The highest BCUT2D eigenvalue weighted by atomic mass is 32.1. The summed E-state index contributed by atoms with van der Waals surface area (Å²) in [5.41, 5.74) is 3.72. The van der Waals surface area contributed by atoms with Gasteiger partial charge in [-0.05, 0) is 73.2 Å². The summed E-state index contributed by atoms with van der Waals surface area (Å²) < 4.78 is 6.38. The lowest BCUT2D eigenvalue weighted by molar-refractivity contribution is -0.151. The number of hydrogen-bond donors (Lipinski definition) is 1. The van der Waals surface area contributed by atoms with Gasteiger partial charge in [-0.15, -0.1) is 22.7 Å². The lowest BCUT2D eigenvalue weighted by atomic mass is 10.2. The number of hydrogen-bond acceptors (Lipinski definition) is 7. The number of amides is 2. The van der Waals surface area contributed by atoms with Gasteiger partial charge in [-0.1, -0.05) is 12.1 Å². The van der Waals surface area contributed by atoms with E-state index in [9.17, 15) is 14.4 Å². The Morgan fingerprint density at radius 1 is 1.14 bits per heavy atom. The van der Waals surface area contributed by atoms with Crippen molar-refractivity contribution in [2.45, 2.75) is 25.8 Å². The number of aromatic nitrogens is 1.